The summed E-state index contributed by atoms with van der Waals surface area (Å²) in [6.45, 7) is 2.78. The zero-order valence-corrected chi connectivity index (χ0v) is 33.6. The normalized spacial score (nSPS) is 13.5. The first-order chi connectivity index (χ1) is 30.2. The summed E-state index contributed by atoms with van der Waals surface area (Å²) in [5.74, 6) is 0. The monoisotopic (exact) mass is 785 g/mol. The van der Waals surface area contributed by atoms with Crippen molar-refractivity contribution < 1.29 is 8.83 Å². The van der Waals surface area contributed by atoms with Gasteiger partial charge in [-0.05, 0) is 98.1 Å². The Bertz CT molecular complexity index is 3930. The Balaban J connectivity index is 0.00000197. The van der Waals surface area contributed by atoms with Crippen LogP contribution in [0.1, 0.15) is 24.6 Å². The van der Waals surface area contributed by atoms with Crippen molar-refractivity contribution in [3.63, 3.8) is 0 Å². The molecule has 5 nitrogen and oxygen atoms in total. The summed E-state index contributed by atoms with van der Waals surface area (Å²) in [4.78, 5) is 0. The van der Waals surface area contributed by atoms with Gasteiger partial charge in [0.15, 0.2) is 0 Å². The number of nitrogens with zero attached hydrogens (tertiary/aromatic N) is 3. The van der Waals surface area contributed by atoms with Crippen LogP contribution in [-0.2, 0) is 13.0 Å². The molecule has 1 aliphatic carbocycles. The second kappa shape index (κ2) is 13.6. The Labute approximate surface area is 350 Å². The molecule has 0 saturated carbocycles. The van der Waals surface area contributed by atoms with Gasteiger partial charge in [-0.3, -0.25) is 0 Å². The summed E-state index contributed by atoms with van der Waals surface area (Å²) in [7, 11) is 0. The molecule has 7 aromatic carbocycles. The van der Waals surface area contributed by atoms with Crippen molar-refractivity contribution in [1.82, 2.24) is 13.7 Å². The standard InChI is InChI=1S/C54H37N3O2.C2H2/c1-2-47-37(35-16-8-12-22-48(35)58-47)30-31-55-43-20-10-6-18-40(43)51-45(55)27-25-38-39-26-28-46-52(54(39)57(53(38)51)33-14-4-3-5-15-33)41-19-7-11-21-44(41)56(46)34-24-29-50-42(32-34)36-17-9-13-23-49(36)59-50;1-2/h2-5,7-17,19-30,32H,6,18,31H2,1H3;1-2H/b37-30-,47-2+;. The van der Waals surface area contributed by atoms with Crippen LogP contribution in [0.5, 0.6) is 0 Å². The molecule has 0 amide bonds. The summed E-state index contributed by atoms with van der Waals surface area (Å²) >= 11 is 0. The van der Waals surface area contributed by atoms with Crippen LogP contribution in [-0.4, -0.2) is 13.7 Å². The molecule has 13 rings (SSSR count). The molecule has 290 valence electrons. The Morgan fingerprint density at radius 3 is 2.03 bits per heavy atom. The molecule has 5 heteroatoms. The molecular weight excluding hydrogens is 747 g/mol. The number of aryl methyl sites for hydroxylation is 1. The molecule has 0 radical (unpaired) electrons. The van der Waals surface area contributed by atoms with E-state index in [0.717, 1.165) is 74.3 Å². The zero-order valence-electron chi connectivity index (χ0n) is 33.6. The van der Waals surface area contributed by atoms with Gasteiger partial charge < -0.3 is 22.5 Å². The van der Waals surface area contributed by atoms with Crippen molar-refractivity contribution in [1.29, 1.82) is 0 Å². The van der Waals surface area contributed by atoms with Crippen LogP contribution in [0.2, 0.25) is 0 Å². The van der Waals surface area contributed by atoms with Crippen molar-refractivity contribution in [2.24, 2.45) is 0 Å². The number of terminal acetylenes is 1. The van der Waals surface area contributed by atoms with E-state index in [1.807, 2.05) is 18.2 Å². The van der Waals surface area contributed by atoms with E-state index in [0.29, 0.717) is 0 Å². The van der Waals surface area contributed by atoms with Crippen LogP contribution in [0, 0.1) is 12.8 Å². The van der Waals surface area contributed by atoms with E-state index in [1.165, 1.54) is 65.8 Å². The maximum atomic E-state index is 6.28. The largest absolute Gasteiger partial charge is 0.456 e. The fourth-order valence-corrected chi connectivity index (χ4v) is 10.3. The van der Waals surface area contributed by atoms with Crippen molar-refractivity contribution >= 4 is 106 Å². The zero-order chi connectivity index (χ0) is 40.8. The van der Waals surface area contributed by atoms with Gasteiger partial charge in [0.25, 0.3) is 0 Å². The minimum atomic E-state index is 0.728. The van der Waals surface area contributed by atoms with E-state index < -0.39 is 0 Å². The maximum absolute atomic E-state index is 6.28. The van der Waals surface area contributed by atoms with Crippen LogP contribution in [0.15, 0.2) is 161 Å². The molecule has 0 aliphatic heterocycles. The van der Waals surface area contributed by atoms with Gasteiger partial charge in [-0.15, -0.1) is 12.8 Å². The van der Waals surface area contributed by atoms with Crippen LogP contribution < -0.4 is 10.6 Å². The molecule has 12 aromatic rings. The van der Waals surface area contributed by atoms with Gasteiger partial charge in [0.2, 0.25) is 0 Å². The predicted octanol–water partition coefficient (Wildman–Crippen LogP) is 13.0. The van der Waals surface area contributed by atoms with E-state index in [2.05, 4.69) is 185 Å². The highest BCUT2D eigenvalue weighted by molar-refractivity contribution is 6.29. The third-order valence-electron chi connectivity index (χ3n) is 12.8. The highest BCUT2D eigenvalue weighted by atomic mass is 16.3. The predicted molar refractivity (Wildman–Crippen MR) is 255 cm³/mol. The van der Waals surface area contributed by atoms with E-state index in [-0.39, 0.29) is 0 Å². The lowest BCUT2D eigenvalue weighted by Gasteiger charge is -2.12. The van der Waals surface area contributed by atoms with Crippen LogP contribution in [0.4, 0.5) is 0 Å². The number of para-hydroxylation sites is 4. The summed E-state index contributed by atoms with van der Waals surface area (Å²) in [6.07, 6.45) is 19.1. The minimum Gasteiger partial charge on any atom is -0.456 e. The van der Waals surface area contributed by atoms with Gasteiger partial charge in [-0.1, -0.05) is 97.1 Å². The van der Waals surface area contributed by atoms with Crippen LogP contribution in [0.3, 0.4) is 0 Å². The molecule has 1 aliphatic rings. The molecule has 5 heterocycles. The summed E-state index contributed by atoms with van der Waals surface area (Å²) in [5.41, 5.74) is 14.7. The molecular formula is C56H39N3O2. The topological polar surface area (TPSA) is 41.1 Å². The van der Waals surface area contributed by atoms with Gasteiger partial charge in [0.1, 0.15) is 22.2 Å². The van der Waals surface area contributed by atoms with Crippen LogP contribution >= 0.6 is 0 Å². The fraction of sp³-hybridized carbons (Fsp3) is 0.0714. The molecule has 0 saturated heterocycles. The van der Waals surface area contributed by atoms with Crippen LogP contribution in [0.25, 0.3) is 117 Å². The van der Waals surface area contributed by atoms with Crippen molar-refractivity contribution in [2.45, 2.75) is 26.3 Å². The SMILES string of the molecule is C#C.C/C=c1/oc2ccccc2/c1=C/Cn1c2c(c3c1ccc1c4ccc5c(c6ccccc6n5-c5ccc6oc7ccccc7c6c5)c4n(-c4ccccc4)c13)CCC=C2. The first kappa shape index (κ1) is 35.0. The number of allylic oxidation sites excluding steroid dienone is 1. The summed E-state index contributed by atoms with van der Waals surface area (Å²) in [6, 6.07) is 52.6. The molecule has 0 N–H and O–H groups in total. The lowest BCUT2D eigenvalue weighted by molar-refractivity contribution is 0.574. The lowest BCUT2D eigenvalue weighted by Crippen LogP contribution is -2.20. The molecule has 0 fully saturated rings. The Morgan fingerprint density at radius 1 is 0.557 bits per heavy atom. The van der Waals surface area contributed by atoms with Gasteiger partial charge in [-0.25, -0.2) is 0 Å². The van der Waals surface area contributed by atoms with Crippen molar-refractivity contribution in [3.05, 3.63) is 174 Å². The third-order valence-corrected chi connectivity index (χ3v) is 12.8. The second-order valence-electron chi connectivity index (χ2n) is 15.8. The van der Waals surface area contributed by atoms with Gasteiger partial charge in [0, 0.05) is 71.9 Å². The maximum Gasteiger partial charge on any atom is 0.135 e. The Morgan fingerprint density at radius 2 is 1.23 bits per heavy atom. The second-order valence-corrected chi connectivity index (χ2v) is 15.8. The molecule has 0 unspecified atom stereocenters. The minimum absolute atomic E-state index is 0.728. The fourth-order valence-electron chi connectivity index (χ4n) is 10.3. The number of aromatic nitrogens is 3. The van der Waals surface area contributed by atoms with E-state index in [9.17, 15) is 0 Å². The smallest absolute Gasteiger partial charge is 0.135 e. The first-order valence-corrected chi connectivity index (χ1v) is 20.9. The molecule has 0 spiro atoms. The average Bonchev–Trinajstić information content (AvgIpc) is 4.12. The molecule has 0 atom stereocenters. The number of furan rings is 2. The highest BCUT2D eigenvalue weighted by Crippen LogP contribution is 2.46. The number of hydrogen-bond acceptors (Lipinski definition) is 2. The number of rotatable bonds is 4. The molecule has 0 bridgehead atoms. The summed E-state index contributed by atoms with van der Waals surface area (Å²) < 4.78 is 20.1. The van der Waals surface area contributed by atoms with E-state index in [4.69, 9.17) is 8.83 Å². The number of fused-ring (bicyclic) bond motifs is 15. The quantitative estimate of drug-likeness (QED) is 0.167. The molecule has 5 aromatic heterocycles. The molecule has 61 heavy (non-hydrogen) atoms. The van der Waals surface area contributed by atoms with Crippen molar-refractivity contribution in [2.75, 3.05) is 0 Å². The Hall–Kier alpha value is -7.94. The lowest BCUT2D eigenvalue weighted by atomic mass is 9.99. The Kier molecular flexibility index (Phi) is 7.79. The number of hydrogen-bond donors (Lipinski definition) is 0. The highest BCUT2D eigenvalue weighted by Gasteiger charge is 2.26. The first-order valence-electron chi connectivity index (χ1n) is 20.9. The average molecular weight is 786 g/mol. The van der Waals surface area contributed by atoms with Gasteiger partial charge in [-0.2, -0.15) is 0 Å². The van der Waals surface area contributed by atoms with E-state index >= 15 is 0 Å². The summed E-state index contributed by atoms with van der Waals surface area (Å²) in [5, 5.41) is 10.9. The third kappa shape index (κ3) is 4.97. The van der Waals surface area contributed by atoms with Gasteiger partial charge >= 0.3 is 0 Å². The van der Waals surface area contributed by atoms with E-state index in [1.54, 1.807) is 0 Å². The number of benzene rings is 7. The van der Waals surface area contributed by atoms with Gasteiger partial charge in [0.05, 0.1) is 27.6 Å². The van der Waals surface area contributed by atoms with Crippen molar-refractivity contribution in [3.8, 4) is 24.2 Å².